The van der Waals surface area contributed by atoms with Crippen molar-refractivity contribution in [2.75, 3.05) is 7.11 Å². The van der Waals surface area contributed by atoms with Gasteiger partial charge in [0, 0.05) is 9.99 Å². The smallest absolute Gasteiger partial charge is 0.408 e. The molecular formula is C19H22INO4. The lowest BCUT2D eigenvalue weighted by atomic mass is 9.99. The third kappa shape index (κ3) is 5.32. The zero-order valence-corrected chi connectivity index (χ0v) is 16.9. The predicted molar refractivity (Wildman–Crippen MR) is 106 cm³/mol. The Bertz CT molecular complexity index is 783. The molecule has 0 unspecified atom stereocenters. The van der Waals surface area contributed by atoms with Gasteiger partial charge in [0.15, 0.2) is 0 Å². The Hall–Kier alpha value is -1.83. The largest absolute Gasteiger partial charge is 0.467 e. The molecule has 0 saturated carbocycles. The quantitative estimate of drug-likeness (QED) is 0.558. The first-order valence-electron chi connectivity index (χ1n) is 7.95. The second-order valence-electron chi connectivity index (χ2n) is 6.68. The van der Waals surface area contributed by atoms with Gasteiger partial charge in [-0.15, -0.1) is 0 Å². The highest BCUT2D eigenvalue weighted by atomic mass is 127. The van der Waals surface area contributed by atoms with Gasteiger partial charge in [-0.2, -0.15) is 0 Å². The minimum absolute atomic E-state index is 0.323. The molecular weight excluding hydrogens is 433 g/mol. The third-order valence-electron chi connectivity index (χ3n) is 3.56. The zero-order chi connectivity index (χ0) is 18.6. The SMILES string of the molecule is COC(=O)[C@H](Cc1cccc2c(I)cccc12)NC(=O)OC(C)(C)C. The summed E-state index contributed by atoms with van der Waals surface area (Å²) in [5, 5.41) is 4.78. The van der Waals surface area contributed by atoms with Crippen LogP contribution in [-0.2, 0) is 20.7 Å². The molecule has 0 heterocycles. The maximum Gasteiger partial charge on any atom is 0.408 e. The van der Waals surface area contributed by atoms with Gasteiger partial charge in [0.25, 0.3) is 0 Å². The summed E-state index contributed by atoms with van der Waals surface area (Å²) in [6.07, 6.45) is -0.318. The molecule has 2 rings (SSSR count). The average molecular weight is 455 g/mol. The number of carbonyl (C=O) groups excluding carboxylic acids is 2. The van der Waals surface area contributed by atoms with Gasteiger partial charge in [-0.05, 0) is 65.8 Å². The van der Waals surface area contributed by atoms with Crippen LogP contribution in [0.2, 0.25) is 0 Å². The first-order valence-corrected chi connectivity index (χ1v) is 9.02. The monoisotopic (exact) mass is 455 g/mol. The van der Waals surface area contributed by atoms with Gasteiger partial charge in [-0.1, -0.05) is 30.3 Å². The number of amides is 1. The van der Waals surface area contributed by atoms with E-state index < -0.39 is 23.7 Å². The Morgan fingerprint density at radius 3 is 2.40 bits per heavy atom. The first kappa shape index (κ1) is 19.5. The number of halogens is 1. The van der Waals surface area contributed by atoms with E-state index in [0.717, 1.165) is 19.9 Å². The fourth-order valence-corrected chi connectivity index (χ4v) is 3.20. The van der Waals surface area contributed by atoms with Crippen LogP contribution in [0.15, 0.2) is 36.4 Å². The van der Waals surface area contributed by atoms with E-state index in [1.807, 2.05) is 36.4 Å². The molecule has 6 heteroatoms. The molecule has 0 saturated heterocycles. The highest BCUT2D eigenvalue weighted by molar-refractivity contribution is 14.1. The highest BCUT2D eigenvalue weighted by Crippen LogP contribution is 2.24. The number of esters is 1. The summed E-state index contributed by atoms with van der Waals surface area (Å²) in [5.41, 5.74) is 0.322. The predicted octanol–water partition coefficient (Wildman–Crippen LogP) is 4.05. The molecule has 0 spiro atoms. The fourth-order valence-electron chi connectivity index (χ4n) is 2.52. The Kier molecular flexibility index (Phi) is 6.26. The Labute approximate surface area is 161 Å². The molecule has 5 nitrogen and oxygen atoms in total. The molecule has 1 amide bonds. The van der Waals surface area contributed by atoms with Gasteiger partial charge in [-0.3, -0.25) is 0 Å². The summed E-state index contributed by atoms with van der Waals surface area (Å²) in [6.45, 7) is 5.31. The summed E-state index contributed by atoms with van der Waals surface area (Å²) < 4.78 is 11.2. The van der Waals surface area contributed by atoms with E-state index in [1.165, 1.54) is 7.11 Å². The molecule has 0 aliphatic rings. The van der Waals surface area contributed by atoms with E-state index in [9.17, 15) is 9.59 Å². The Balaban J connectivity index is 2.28. The Morgan fingerprint density at radius 2 is 1.76 bits per heavy atom. The second kappa shape index (κ2) is 8.03. The molecule has 25 heavy (non-hydrogen) atoms. The van der Waals surface area contributed by atoms with Crippen molar-refractivity contribution in [3.8, 4) is 0 Å². The lowest BCUT2D eigenvalue weighted by Crippen LogP contribution is -2.45. The summed E-state index contributed by atoms with van der Waals surface area (Å²) in [7, 11) is 1.30. The van der Waals surface area contributed by atoms with Crippen molar-refractivity contribution in [2.24, 2.45) is 0 Å². The minimum atomic E-state index is -0.816. The second-order valence-corrected chi connectivity index (χ2v) is 7.84. The number of nitrogens with one attached hydrogen (secondary N) is 1. The van der Waals surface area contributed by atoms with Gasteiger partial charge < -0.3 is 14.8 Å². The van der Waals surface area contributed by atoms with Crippen LogP contribution in [0.3, 0.4) is 0 Å². The number of alkyl carbamates (subject to hydrolysis) is 1. The molecule has 0 radical (unpaired) electrons. The number of benzene rings is 2. The first-order chi connectivity index (χ1) is 11.7. The van der Waals surface area contributed by atoms with Crippen molar-refractivity contribution < 1.29 is 19.1 Å². The number of ether oxygens (including phenoxy) is 2. The molecule has 1 N–H and O–H groups in total. The maximum atomic E-state index is 12.1. The van der Waals surface area contributed by atoms with Crippen molar-refractivity contribution in [2.45, 2.75) is 38.8 Å². The van der Waals surface area contributed by atoms with E-state index in [1.54, 1.807) is 20.8 Å². The van der Waals surface area contributed by atoms with Crippen LogP contribution >= 0.6 is 22.6 Å². The maximum absolute atomic E-state index is 12.1. The molecule has 0 aliphatic heterocycles. The topological polar surface area (TPSA) is 64.6 Å². The summed E-state index contributed by atoms with van der Waals surface area (Å²) >= 11 is 2.28. The zero-order valence-electron chi connectivity index (χ0n) is 14.8. The van der Waals surface area contributed by atoms with Crippen LogP contribution in [0.4, 0.5) is 4.79 Å². The molecule has 0 bridgehead atoms. The van der Waals surface area contributed by atoms with Crippen molar-refractivity contribution in [1.29, 1.82) is 0 Å². The van der Waals surface area contributed by atoms with Gasteiger partial charge in [-0.25, -0.2) is 9.59 Å². The standard InChI is InChI=1S/C19H22INO4/c1-19(2,3)25-18(23)21-16(17(22)24-4)11-12-7-5-9-14-13(12)8-6-10-15(14)20/h5-10,16H,11H2,1-4H3,(H,21,23)/t16-/m0/s1. The lowest BCUT2D eigenvalue weighted by Gasteiger charge is -2.23. The number of methoxy groups -OCH3 is 1. The van der Waals surface area contributed by atoms with E-state index in [-0.39, 0.29) is 0 Å². The lowest BCUT2D eigenvalue weighted by molar-refractivity contribution is -0.143. The minimum Gasteiger partial charge on any atom is -0.467 e. The van der Waals surface area contributed by atoms with Crippen LogP contribution in [0, 0.1) is 3.57 Å². The number of hydrogen-bond acceptors (Lipinski definition) is 4. The van der Waals surface area contributed by atoms with Crippen LogP contribution < -0.4 is 5.32 Å². The fraction of sp³-hybridized carbons (Fsp3) is 0.368. The van der Waals surface area contributed by atoms with Gasteiger partial charge >= 0.3 is 12.1 Å². The van der Waals surface area contributed by atoms with Crippen molar-refractivity contribution >= 4 is 45.4 Å². The van der Waals surface area contributed by atoms with E-state index in [2.05, 4.69) is 27.9 Å². The number of fused-ring (bicyclic) bond motifs is 1. The molecule has 2 aromatic rings. The summed E-state index contributed by atoms with van der Waals surface area (Å²) in [4.78, 5) is 24.2. The molecule has 0 aromatic heterocycles. The highest BCUT2D eigenvalue weighted by Gasteiger charge is 2.25. The van der Waals surface area contributed by atoms with Gasteiger partial charge in [0.2, 0.25) is 0 Å². The molecule has 134 valence electrons. The summed E-state index contributed by atoms with van der Waals surface area (Å²) in [5.74, 6) is -0.506. The number of carbonyl (C=O) groups is 2. The average Bonchev–Trinajstić information content (AvgIpc) is 2.52. The third-order valence-corrected chi connectivity index (χ3v) is 4.50. The van der Waals surface area contributed by atoms with Crippen molar-refractivity contribution in [3.05, 3.63) is 45.5 Å². The number of hydrogen-bond donors (Lipinski definition) is 1. The summed E-state index contributed by atoms with van der Waals surface area (Å²) in [6, 6.07) is 11.1. The molecule has 1 atom stereocenters. The van der Waals surface area contributed by atoms with E-state index in [4.69, 9.17) is 9.47 Å². The molecule has 0 fully saturated rings. The van der Waals surface area contributed by atoms with Crippen molar-refractivity contribution in [3.63, 3.8) is 0 Å². The van der Waals surface area contributed by atoms with Crippen molar-refractivity contribution in [1.82, 2.24) is 5.32 Å². The van der Waals surface area contributed by atoms with E-state index in [0.29, 0.717) is 6.42 Å². The van der Waals surface area contributed by atoms with Crippen LogP contribution in [0.5, 0.6) is 0 Å². The van der Waals surface area contributed by atoms with Crippen LogP contribution in [0.1, 0.15) is 26.3 Å². The Morgan fingerprint density at radius 1 is 1.12 bits per heavy atom. The molecule has 0 aliphatic carbocycles. The molecule has 2 aromatic carbocycles. The normalized spacial score (nSPS) is 12.5. The van der Waals surface area contributed by atoms with Crippen LogP contribution in [-0.4, -0.2) is 30.8 Å². The van der Waals surface area contributed by atoms with E-state index >= 15 is 0 Å². The van der Waals surface area contributed by atoms with Gasteiger partial charge in [0.05, 0.1) is 7.11 Å². The van der Waals surface area contributed by atoms with Crippen LogP contribution in [0.25, 0.3) is 10.8 Å². The number of rotatable bonds is 4. The van der Waals surface area contributed by atoms with Gasteiger partial charge in [0.1, 0.15) is 11.6 Å².